The lowest BCUT2D eigenvalue weighted by atomic mass is 10.2. The molecule has 4 rings (SSSR count). The lowest BCUT2D eigenvalue weighted by Gasteiger charge is -2.28. The number of nitrogens with zero attached hydrogens (tertiary/aromatic N) is 4. The maximum absolute atomic E-state index is 13.3. The summed E-state index contributed by atoms with van der Waals surface area (Å²) in [5, 5.41) is 12.2. The summed E-state index contributed by atoms with van der Waals surface area (Å²) >= 11 is 7.77. The number of benzene rings is 2. The van der Waals surface area contributed by atoms with Gasteiger partial charge in [0.2, 0.25) is 0 Å². The molecule has 1 aliphatic rings. The van der Waals surface area contributed by atoms with E-state index in [9.17, 15) is 14.9 Å². The number of carbonyl (C=O) groups excluding carboxylic acids is 1. The normalized spacial score (nSPS) is 14.7. The Labute approximate surface area is 200 Å². The molecule has 0 saturated carbocycles. The van der Waals surface area contributed by atoms with Crippen LogP contribution in [0.3, 0.4) is 0 Å². The van der Waals surface area contributed by atoms with Crippen LogP contribution in [0.1, 0.15) is 11.1 Å². The Hall–Kier alpha value is -2.85. The number of carbonyl (C=O) groups is 1. The maximum Gasteiger partial charge on any atom is 0.270 e. The molecule has 0 unspecified atom stereocenters. The van der Waals surface area contributed by atoms with E-state index in [1.165, 1.54) is 29.5 Å². The van der Waals surface area contributed by atoms with Crippen molar-refractivity contribution < 1.29 is 14.5 Å². The number of halogens is 1. The standard InChI is InChI=1S/C23H23ClN4O4S/c1-16-5-7-19(24)22-21(16)25-23(33-22)27(10-9-26-11-13-32-14-12-26)20(29)8-6-17-3-2-4-18(15-17)28(30)31/h2-8,15H,9-14H2,1H3/b8-6+. The molecule has 1 amide bonds. The zero-order valence-electron chi connectivity index (χ0n) is 18.1. The molecule has 0 atom stereocenters. The molecule has 0 radical (unpaired) electrons. The van der Waals surface area contributed by atoms with Gasteiger partial charge in [-0.3, -0.25) is 24.7 Å². The number of aryl methyl sites for hydroxylation is 1. The number of nitro groups is 1. The second-order valence-corrected chi connectivity index (χ2v) is 9.05. The second kappa shape index (κ2) is 10.4. The maximum atomic E-state index is 13.3. The molecule has 2 heterocycles. The van der Waals surface area contributed by atoms with Crippen molar-refractivity contribution in [2.24, 2.45) is 0 Å². The van der Waals surface area contributed by atoms with Gasteiger partial charge in [-0.1, -0.05) is 41.1 Å². The lowest BCUT2D eigenvalue weighted by Crippen LogP contribution is -2.42. The molecule has 10 heteroatoms. The molecule has 1 fully saturated rings. The van der Waals surface area contributed by atoms with Crippen molar-refractivity contribution in [3.8, 4) is 0 Å². The molecule has 0 bridgehead atoms. The van der Waals surface area contributed by atoms with Crippen LogP contribution in [0.4, 0.5) is 10.8 Å². The predicted octanol–water partition coefficient (Wildman–Crippen LogP) is 4.54. The third kappa shape index (κ3) is 5.56. The van der Waals surface area contributed by atoms with Crippen LogP contribution < -0.4 is 4.90 Å². The highest BCUT2D eigenvalue weighted by atomic mass is 35.5. The van der Waals surface area contributed by atoms with Gasteiger partial charge in [0.05, 0.1) is 33.4 Å². The summed E-state index contributed by atoms with van der Waals surface area (Å²) in [5.41, 5.74) is 2.33. The van der Waals surface area contributed by atoms with Crippen molar-refractivity contribution in [1.82, 2.24) is 9.88 Å². The Morgan fingerprint density at radius 1 is 1.33 bits per heavy atom. The van der Waals surface area contributed by atoms with E-state index in [4.69, 9.17) is 21.3 Å². The number of non-ortho nitro benzene ring substituents is 1. The zero-order valence-corrected chi connectivity index (χ0v) is 19.6. The molecular weight excluding hydrogens is 464 g/mol. The van der Waals surface area contributed by atoms with Gasteiger partial charge in [-0.05, 0) is 30.2 Å². The second-order valence-electron chi connectivity index (χ2n) is 7.67. The summed E-state index contributed by atoms with van der Waals surface area (Å²) in [6.45, 7) is 6.08. The van der Waals surface area contributed by atoms with E-state index in [0.717, 1.165) is 28.9 Å². The summed E-state index contributed by atoms with van der Waals surface area (Å²) in [6, 6.07) is 9.91. The van der Waals surface area contributed by atoms with Gasteiger partial charge in [0.15, 0.2) is 5.13 Å². The van der Waals surface area contributed by atoms with Gasteiger partial charge >= 0.3 is 0 Å². The van der Waals surface area contributed by atoms with Crippen molar-refractivity contribution in [2.45, 2.75) is 6.92 Å². The van der Waals surface area contributed by atoms with E-state index in [1.54, 1.807) is 23.1 Å². The minimum absolute atomic E-state index is 0.0231. The van der Waals surface area contributed by atoms with Gasteiger partial charge in [0, 0.05) is 44.4 Å². The van der Waals surface area contributed by atoms with Crippen molar-refractivity contribution in [1.29, 1.82) is 0 Å². The number of hydrogen-bond acceptors (Lipinski definition) is 7. The van der Waals surface area contributed by atoms with Crippen LogP contribution in [0.2, 0.25) is 5.02 Å². The fraction of sp³-hybridized carbons (Fsp3) is 0.304. The SMILES string of the molecule is Cc1ccc(Cl)c2sc(N(CCN3CCOCC3)C(=O)/C=C/c3cccc([N+](=O)[O-])c3)nc12. The number of amides is 1. The van der Waals surface area contributed by atoms with Gasteiger partial charge < -0.3 is 4.74 Å². The minimum atomic E-state index is -0.457. The summed E-state index contributed by atoms with van der Waals surface area (Å²) in [6.07, 6.45) is 3.02. The molecule has 0 N–H and O–H groups in total. The van der Waals surface area contributed by atoms with Crippen molar-refractivity contribution >= 4 is 56.0 Å². The molecule has 1 aliphatic heterocycles. The Balaban J connectivity index is 1.61. The number of hydrogen-bond donors (Lipinski definition) is 0. The third-order valence-corrected chi connectivity index (χ3v) is 6.96. The van der Waals surface area contributed by atoms with Crippen LogP contribution in [0, 0.1) is 17.0 Å². The van der Waals surface area contributed by atoms with Crippen LogP contribution in [0.5, 0.6) is 0 Å². The van der Waals surface area contributed by atoms with Crippen LogP contribution in [0.15, 0.2) is 42.5 Å². The third-order valence-electron chi connectivity index (χ3n) is 5.43. The highest BCUT2D eigenvalue weighted by Crippen LogP contribution is 2.35. The van der Waals surface area contributed by atoms with Crippen LogP contribution in [-0.4, -0.2) is 60.1 Å². The summed E-state index contributed by atoms with van der Waals surface area (Å²) < 4.78 is 6.26. The van der Waals surface area contributed by atoms with E-state index in [1.807, 2.05) is 19.1 Å². The fourth-order valence-electron chi connectivity index (χ4n) is 3.57. The van der Waals surface area contributed by atoms with Crippen LogP contribution in [-0.2, 0) is 9.53 Å². The fourth-order valence-corrected chi connectivity index (χ4v) is 4.92. The van der Waals surface area contributed by atoms with E-state index in [0.29, 0.717) is 42.0 Å². The topological polar surface area (TPSA) is 88.8 Å². The molecule has 33 heavy (non-hydrogen) atoms. The van der Waals surface area contributed by atoms with Gasteiger partial charge in [-0.25, -0.2) is 4.98 Å². The van der Waals surface area contributed by atoms with Crippen molar-refractivity contribution in [2.75, 3.05) is 44.3 Å². The Kier molecular flexibility index (Phi) is 7.34. The first-order valence-corrected chi connectivity index (χ1v) is 11.7. The van der Waals surface area contributed by atoms with Gasteiger partial charge in [0.25, 0.3) is 11.6 Å². The highest BCUT2D eigenvalue weighted by Gasteiger charge is 2.21. The number of nitro benzene ring substituents is 1. The largest absolute Gasteiger partial charge is 0.379 e. The first kappa shape index (κ1) is 23.3. The minimum Gasteiger partial charge on any atom is -0.379 e. The Bertz CT molecular complexity index is 1170. The molecule has 0 spiro atoms. The first-order valence-electron chi connectivity index (χ1n) is 10.5. The average molecular weight is 487 g/mol. The number of rotatable bonds is 7. The number of morpholine rings is 1. The number of ether oxygens (including phenoxy) is 1. The highest BCUT2D eigenvalue weighted by molar-refractivity contribution is 7.23. The molecule has 3 aromatic rings. The number of fused-ring (bicyclic) bond motifs is 1. The van der Waals surface area contributed by atoms with Crippen LogP contribution >= 0.6 is 22.9 Å². The molecule has 1 aromatic heterocycles. The van der Waals surface area contributed by atoms with E-state index in [-0.39, 0.29) is 11.6 Å². The Morgan fingerprint density at radius 2 is 2.12 bits per heavy atom. The summed E-state index contributed by atoms with van der Waals surface area (Å²) in [4.78, 5) is 32.4. The number of anilines is 1. The smallest absolute Gasteiger partial charge is 0.270 e. The van der Waals surface area contributed by atoms with Gasteiger partial charge in [0.1, 0.15) is 0 Å². The monoisotopic (exact) mass is 486 g/mol. The first-order chi connectivity index (χ1) is 15.9. The van der Waals surface area contributed by atoms with Crippen molar-refractivity contribution in [3.05, 3.63) is 68.7 Å². The van der Waals surface area contributed by atoms with E-state index in [2.05, 4.69) is 4.90 Å². The van der Waals surface area contributed by atoms with Crippen molar-refractivity contribution in [3.63, 3.8) is 0 Å². The van der Waals surface area contributed by atoms with E-state index < -0.39 is 4.92 Å². The molecular formula is C23H23ClN4O4S. The molecule has 8 nitrogen and oxygen atoms in total. The van der Waals surface area contributed by atoms with Gasteiger partial charge in [-0.2, -0.15) is 0 Å². The predicted molar refractivity (Wildman–Crippen MR) is 131 cm³/mol. The van der Waals surface area contributed by atoms with E-state index >= 15 is 0 Å². The number of aromatic nitrogens is 1. The van der Waals surface area contributed by atoms with Gasteiger partial charge in [-0.15, -0.1) is 0 Å². The Morgan fingerprint density at radius 3 is 2.85 bits per heavy atom. The average Bonchev–Trinajstić information content (AvgIpc) is 3.28. The molecule has 2 aromatic carbocycles. The number of thiazole rings is 1. The lowest BCUT2D eigenvalue weighted by molar-refractivity contribution is -0.384. The summed E-state index contributed by atoms with van der Waals surface area (Å²) in [5.74, 6) is -0.248. The quantitative estimate of drug-likeness (QED) is 0.276. The molecule has 1 saturated heterocycles. The zero-order chi connectivity index (χ0) is 23.4. The molecule has 172 valence electrons. The van der Waals surface area contributed by atoms with Crippen LogP contribution in [0.25, 0.3) is 16.3 Å². The summed E-state index contributed by atoms with van der Waals surface area (Å²) in [7, 11) is 0. The molecule has 0 aliphatic carbocycles.